The minimum atomic E-state index is -0.467. The van der Waals surface area contributed by atoms with Crippen molar-refractivity contribution >= 4 is 17.6 Å². The van der Waals surface area contributed by atoms with Crippen molar-refractivity contribution in [2.45, 2.75) is 46.2 Å². The molecule has 0 aliphatic carbocycles. The Kier molecular flexibility index (Phi) is 4.58. The number of anilines is 2. The standard InChI is InChI=1S/C12H22N4O2/c1-6-8(4)16-10(13)9(12(17)18-5)11(15-16)14-7(2)3/h7-8H,6,13H2,1-5H3,(H,14,15). The zero-order valence-corrected chi connectivity index (χ0v) is 11.7. The fourth-order valence-electron chi connectivity index (χ4n) is 1.63. The number of ether oxygens (including phenoxy) is 1. The number of carbonyl (C=O) groups is 1. The van der Waals surface area contributed by atoms with E-state index in [2.05, 4.69) is 10.4 Å². The summed E-state index contributed by atoms with van der Waals surface area (Å²) in [4.78, 5) is 11.8. The number of hydrogen-bond donors (Lipinski definition) is 2. The van der Waals surface area contributed by atoms with Gasteiger partial charge in [-0.3, -0.25) is 0 Å². The molecule has 102 valence electrons. The summed E-state index contributed by atoms with van der Waals surface area (Å²) in [6.45, 7) is 7.99. The lowest BCUT2D eigenvalue weighted by atomic mass is 10.2. The second-order valence-corrected chi connectivity index (χ2v) is 4.60. The Hall–Kier alpha value is -1.72. The van der Waals surface area contributed by atoms with E-state index in [9.17, 15) is 4.79 Å². The van der Waals surface area contributed by atoms with Crippen LogP contribution in [0.3, 0.4) is 0 Å². The number of nitrogen functional groups attached to an aromatic ring is 1. The van der Waals surface area contributed by atoms with Crippen LogP contribution in [0.4, 0.5) is 11.6 Å². The molecule has 6 heteroatoms. The molecule has 6 nitrogen and oxygen atoms in total. The minimum Gasteiger partial charge on any atom is -0.465 e. The molecule has 1 rings (SSSR count). The van der Waals surface area contributed by atoms with Crippen molar-refractivity contribution in [2.75, 3.05) is 18.2 Å². The van der Waals surface area contributed by atoms with E-state index in [0.717, 1.165) is 6.42 Å². The normalized spacial score (nSPS) is 12.6. The van der Waals surface area contributed by atoms with Crippen LogP contribution >= 0.6 is 0 Å². The van der Waals surface area contributed by atoms with Gasteiger partial charge in [0.1, 0.15) is 11.4 Å². The Bertz CT molecular complexity index is 426. The van der Waals surface area contributed by atoms with Crippen LogP contribution in [0.25, 0.3) is 0 Å². The molecule has 1 atom stereocenters. The largest absolute Gasteiger partial charge is 0.465 e. The summed E-state index contributed by atoms with van der Waals surface area (Å²) in [6, 6.07) is 0.296. The van der Waals surface area contributed by atoms with Gasteiger partial charge in [0.15, 0.2) is 5.82 Å². The Balaban J connectivity index is 3.26. The van der Waals surface area contributed by atoms with Gasteiger partial charge in [-0.1, -0.05) is 6.92 Å². The van der Waals surface area contributed by atoms with Gasteiger partial charge in [-0.25, -0.2) is 9.48 Å². The molecule has 0 aliphatic rings. The summed E-state index contributed by atoms with van der Waals surface area (Å²) in [5.41, 5.74) is 6.30. The third kappa shape index (κ3) is 2.75. The van der Waals surface area contributed by atoms with Crippen LogP contribution in [0.2, 0.25) is 0 Å². The Morgan fingerprint density at radius 1 is 1.50 bits per heavy atom. The van der Waals surface area contributed by atoms with Crippen molar-refractivity contribution in [3.8, 4) is 0 Å². The highest BCUT2D eigenvalue weighted by atomic mass is 16.5. The van der Waals surface area contributed by atoms with Gasteiger partial charge < -0.3 is 15.8 Å². The van der Waals surface area contributed by atoms with E-state index >= 15 is 0 Å². The Labute approximate surface area is 107 Å². The van der Waals surface area contributed by atoms with Gasteiger partial charge in [0.25, 0.3) is 0 Å². The van der Waals surface area contributed by atoms with Gasteiger partial charge in [0.2, 0.25) is 0 Å². The zero-order valence-electron chi connectivity index (χ0n) is 11.7. The monoisotopic (exact) mass is 254 g/mol. The number of nitrogens with zero attached hydrogens (tertiary/aromatic N) is 2. The highest BCUT2D eigenvalue weighted by Gasteiger charge is 2.24. The minimum absolute atomic E-state index is 0.135. The predicted molar refractivity (Wildman–Crippen MR) is 71.7 cm³/mol. The van der Waals surface area contributed by atoms with Gasteiger partial charge in [0, 0.05) is 6.04 Å². The quantitative estimate of drug-likeness (QED) is 0.786. The van der Waals surface area contributed by atoms with Crippen molar-refractivity contribution in [3.63, 3.8) is 0 Å². The molecule has 1 unspecified atom stereocenters. The molecule has 0 spiro atoms. The first-order valence-electron chi connectivity index (χ1n) is 6.15. The van der Waals surface area contributed by atoms with Gasteiger partial charge in [-0.2, -0.15) is 5.10 Å². The van der Waals surface area contributed by atoms with Crippen LogP contribution in [-0.4, -0.2) is 28.9 Å². The maximum Gasteiger partial charge on any atom is 0.345 e. The Morgan fingerprint density at radius 2 is 2.11 bits per heavy atom. The molecule has 0 aromatic carbocycles. The maximum absolute atomic E-state index is 11.8. The highest BCUT2D eigenvalue weighted by Crippen LogP contribution is 2.27. The van der Waals surface area contributed by atoms with Crippen molar-refractivity contribution < 1.29 is 9.53 Å². The summed E-state index contributed by atoms with van der Waals surface area (Å²) in [5.74, 6) is 0.360. The zero-order chi connectivity index (χ0) is 13.9. The fourth-order valence-corrected chi connectivity index (χ4v) is 1.63. The van der Waals surface area contributed by atoms with E-state index in [-0.39, 0.29) is 12.1 Å². The van der Waals surface area contributed by atoms with Crippen molar-refractivity contribution in [1.29, 1.82) is 0 Å². The molecule has 1 aromatic rings. The van der Waals surface area contributed by atoms with E-state index in [1.165, 1.54) is 7.11 Å². The van der Waals surface area contributed by atoms with Crippen LogP contribution in [-0.2, 0) is 4.74 Å². The third-order valence-electron chi connectivity index (χ3n) is 2.77. The SMILES string of the molecule is CCC(C)n1nc(NC(C)C)c(C(=O)OC)c1N. The molecular formula is C12H22N4O2. The van der Waals surface area contributed by atoms with E-state index in [0.29, 0.717) is 17.2 Å². The summed E-state index contributed by atoms with van der Waals surface area (Å²) in [7, 11) is 1.33. The highest BCUT2D eigenvalue weighted by molar-refractivity contribution is 5.99. The fraction of sp³-hybridized carbons (Fsp3) is 0.667. The summed E-state index contributed by atoms with van der Waals surface area (Å²) >= 11 is 0. The van der Waals surface area contributed by atoms with Crippen molar-refractivity contribution in [1.82, 2.24) is 9.78 Å². The molecule has 3 N–H and O–H groups in total. The molecule has 0 radical (unpaired) electrons. The summed E-state index contributed by atoms with van der Waals surface area (Å²) in [5, 5.41) is 7.49. The topological polar surface area (TPSA) is 82.2 Å². The molecule has 18 heavy (non-hydrogen) atoms. The lowest BCUT2D eigenvalue weighted by molar-refractivity contribution is 0.0603. The molecule has 1 heterocycles. The van der Waals surface area contributed by atoms with E-state index < -0.39 is 5.97 Å². The number of carbonyl (C=O) groups excluding carboxylic acids is 1. The molecule has 0 aliphatic heterocycles. The lowest BCUT2D eigenvalue weighted by Crippen LogP contribution is -2.14. The number of hydrogen-bond acceptors (Lipinski definition) is 5. The van der Waals surface area contributed by atoms with E-state index in [4.69, 9.17) is 10.5 Å². The second kappa shape index (κ2) is 5.75. The number of aromatic nitrogens is 2. The van der Waals surface area contributed by atoms with Crippen molar-refractivity contribution in [2.24, 2.45) is 0 Å². The van der Waals surface area contributed by atoms with Crippen LogP contribution in [0, 0.1) is 0 Å². The van der Waals surface area contributed by atoms with Crippen LogP contribution in [0.1, 0.15) is 50.5 Å². The number of rotatable bonds is 5. The van der Waals surface area contributed by atoms with Gasteiger partial charge >= 0.3 is 5.97 Å². The van der Waals surface area contributed by atoms with E-state index in [1.54, 1.807) is 4.68 Å². The molecule has 0 saturated carbocycles. The van der Waals surface area contributed by atoms with E-state index in [1.807, 2.05) is 27.7 Å². The van der Waals surface area contributed by atoms with Crippen molar-refractivity contribution in [3.05, 3.63) is 5.56 Å². The Morgan fingerprint density at radius 3 is 2.56 bits per heavy atom. The first-order chi connectivity index (χ1) is 8.42. The molecule has 0 amide bonds. The molecule has 0 bridgehead atoms. The van der Waals surface area contributed by atoms with Crippen LogP contribution < -0.4 is 11.1 Å². The summed E-state index contributed by atoms with van der Waals surface area (Å²) in [6.07, 6.45) is 0.883. The summed E-state index contributed by atoms with van der Waals surface area (Å²) < 4.78 is 6.42. The maximum atomic E-state index is 11.8. The molecule has 0 saturated heterocycles. The first kappa shape index (κ1) is 14.3. The van der Waals surface area contributed by atoms with Gasteiger partial charge in [-0.05, 0) is 27.2 Å². The predicted octanol–water partition coefficient (Wildman–Crippen LogP) is 2.04. The van der Waals surface area contributed by atoms with Gasteiger partial charge in [0.05, 0.1) is 13.2 Å². The molecule has 1 aromatic heterocycles. The first-order valence-corrected chi connectivity index (χ1v) is 6.15. The average Bonchev–Trinajstić information content (AvgIpc) is 2.63. The smallest absolute Gasteiger partial charge is 0.345 e. The number of nitrogens with one attached hydrogen (secondary N) is 1. The molecular weight excluding hydrogens is 232 g/mol. The lowest BCUT2D eigenvalue weighted by Gasteiger charge is -2.10. The number of esters is 1. The average molecular weight is 254 g/mol. The second-order valence-electron chi connectivity index (χ2n) is 4.60. The van der Waals surface area contributed by atoms with Gasteiger partial charge in [-0.15, -0.1) is 0 Å². The number of methoxy groups -OCH3 is 1. The van der Waals surface area contributed by atoms with Crippen LogP contribution in [0.15, 0.2) is 0 Å². The third-order valence-corrected chi connectivity index (χ3v) is 2.77. The number of nitrogens with two attached hydrogens (primary N) is 1. The van der Waals surface area contributed by atoms with Crippen LogP contribution in [0.5, 0.6) is 0 Å². The molecule has 0 fully saturated rings.